The standard InChI is InChI=1S/C19H34N2O/c1-15-14-17(11-12-20-15)19(22)21-13-5-8-18(21)10-9-16-6-3-2-4-7-16/h15-18,20H,2-14H2,1H3/t15-,17-,18?/m0/s1. The van der Waals surface area contributed by atoms with Crippen LogP contribution in [0.2, 0.25) is 0 Å². The first-order chi connectivity index (χ1) is 10.7. The Bertz CT molecular complexity index is 364. The SMILES string of the molecule is C[C@H]1C[C@@H](C(=O)N2CCCC2CCC2CCCCC2)CCN1. The van der Waals surface area contributed by atoms with Crippen molar-refractivity contribution in [3.8, 4) is 0 Å². The second-order valence-corrected chi connectivity index (χ2v) is 7.99. The Morgan fingerprint density at radius 1 is 1.05 bits per heavy atom. The first kappa shape index (κ1) is 16.3. The van der Waals surface area contributed by atoms with Crippen LogP contribution < -0.4 is 5.32 Å². The number of nitrogens with zero attached hydrogens (tertiary/aromatic N) is 1. The normalized spacial score (nSPS) is 34.0. The predicted octanol–water partition coefficient (Wildman–Crippen LogP) is 3.73. The zero-order valence-electron chi connectivity index (χ0n) is 14.4. The monoisotopic (exact) mass is 306 g/mol. The minimum absolute atomic E-state index is 0.284. The van der Waals surface area contributed by atoms with Crippen LogP contribution in [0.1, 0.15) is 77.6 Å². The van der Waals surface area contributed by atoms with E-state index in [0.29, 0.717) is 18.0 Å². The molecule has 0 aromatic rings. The third-order valence-electron chi connectivity index (χ3n) is 6.27. The molecular weight excluding hydrogens is 272 g/mol. The van der Waals surface area contributed by atoms with E-state index in [1.165, 1.54) is 57.8 Å². The van der Waals surface area contributed by atoms with Crippen molar-refractivity contribution in [2.24, 2.45) is 11.8 Å². The highest BCUT2D eigenvalue weighted by Gasteiger charge is 2.34. The summed E-state index contributed by atoms with van der Waals surface area (Å²) in [6.45, 7) is 4.24. The summed E-state index contributed by atoms with van der Waals surface area (Å²) in [5.74, 6) is 1.70. The van der Waals surface area contributed by atoms with Crippen molar-refractivity contribution in [3.05, 3.63) is 0 Å². The van der Waals surface area contributed by atoms with Crippen molar-refractivity contribution in [2.45, 2.75) is 89.6 Å². The highest BCUT2D eigenvalue weighted by Crippen LogP contribution is 2.32. The van der Waals surface area contributed by atoms with E-state index in [4.69, 9.17) is 0 Å². The average Bonchev–Trinajstić information content (AvgIpc) is 3.01. The molecule has 0 spiro atoms. The summed E-state index contributed by atoms with van der Waals surface area (Å²) in [6.07, 6.45) is 14.3. The summed E-state index contributed by atoms with van der Waals surface area (Å²) >= 11 is 0. The van der Waals surface area contributed by atoms with Crippen LogP contribution in [-0.2, 0) is 4.79 Å². The highest BCUT2D eigenvalue weighted by atomic mass is 16.2. The topological polar surface area (TPSA) is 32.3 Å². The zero-order valence-corrected chi connectivity index (χ0v) is 14.4. The highest BCUT2D eigenvalue weighted by molar-refractivity contribution is 5.79. The Balaban J connectivity index is 1.49. The molecule has 3 fully saturated rings. The van der Waals surface area contributed by atoms with Gasteiger partial charge in [0.1, 0.15) is 0 Å². The van der Waals surface area contributed by atoms with Crippen molar-refractivity contribution in [1.29, 1.82) is 0 Å². The van der Waals surface area contributed by atoms with E-state index in [-0.39, 0.29) is 5.92 Å². The van der Waals surface area contributed by atoms with Gasteiger partial charge in [-0.1, -0.05) is 32.1 Å². The zero-order chi connectivity index (χ0) is 15.4. The van der Waals surface area contributed by atoms with E-state index < -0.39 is 0 Å². The first-order valence-electron chi connectivity index (χ1n) is 9.78. The lowest BCUT2D eigenvalue weighted by Gasteiger charge is -2.34. The van der Waals surface area contributed by atoms with Gasteiger partial charge in [0.2, 0.25) is 5.91 Å². The molecule has 3 heteroatoms. The van der Waals surface area contributed by atoms with Gasteiger partial charge in [0.05, 0.1) is 0 Å². The van der Waals surface area contributed by atoms with Gasteiger partial charge in [-0.3, -0.25) is 4.79 Å². The number of nitrogens with one attached hydrogen (secondary N) is 1. The third-order valence-corrected chi connectivity index (χ3v) is 6.27. The first-order valence-corrected chi connectivity index (χ1v) is 9.78. The van der Waals surface area contributed by atoms with Crippen LogP contribution in [0.4, 0.5) is 0 Å². The van der Waals surface area contributed by atoms with Crippen LogP contribution in [0.25, 0.3) is 0 Å². The van der Waals surface area contributed by atoms with Gasteiger partial charge in [-0.05, 0) is 57.9 Å². The van der Waals surface area contributed by atoms with Crippen molar-refractivity contribution >= 4 is 5.91 Å². The molecule has 0 bridgehead atoms. The molecule has 3 nitrogen and oxygen atoms in total. The van der Waals surface area contributed by atoms with Crippen molar-refractivity contribution < 1.29 is 4.79 Å². The molecule has 126 valence electrons. The summed E-state index contributed by atoms with van der Waals surface area (Å²) in [5, 5.41) is 3.47. The fourth-order valence-corrected chi connectivity index (χ4v) is 4.92. The van der Waals surface area contributed by atoms with E-state index in [1.54, 1.807) is 0 Å². The molecule has 2 saturated heterocycles. The molecule has 3 atom stereocenters. The molecule has 22 heavy (non-hydrogen) atoms. The Morgan fingerprint density at radius 2 is 1.86 bits per heavy atom. The fraction of sp³-hybridized carbons (Fsp3) is 0.947. The summed E-state index contributed by atoms with van der Waals surface area (Å²) in [7, 11) is 0. The molecule has 1 unspecified atom stereocenters. The maximum absolute atomic E-state index is 12.9. The Morgan fingerprint density at radius 3 is 2.64 bits per heavy atom. The molecule has 0 aromatic heterocycles. The minimum atomic E-state index is 0.284. The second-order valence-electron chi connectivity index (χ2n) is 7.99. The van der Waals surface area contributed by atoms with Gasteiger partial charge in [-0.15, -0.1) is 0 Å². The van der Waals surface area contributed by atoms with E-state index in [9.17, 15) is 4.79 Å². The number of likely N-dealkylation sites (tertiary alicyclic amines) is 1. The maximum Gasteiger partial charge on any atom is 0.226 e. The smallest absolute Gasteiger partial charge is 0.226 e. The third kappa shape index (κ3) is 4.04. The van der Waals surface area contributed by atoms with Gasteiger partial charge in [0.25, 0.3) is 0 Å². The predicted molar refractivity (Wildman–Crippen MR) is 90.7 cm³/mol. The lowest BCUT2D eigenvalue weighted by atomic mass is 9.85. The van der Waals surface area contributed by atoms with E-state index in [2.05, 4.69) is 17.1 Å². The molecule has 3 rings (SSSR count). The Kier molecular flexibility index (Phi) is 5.78. The minimum Gasteiger partial charge on any atom is -0.339 e. The Hall–Kier alpha value is -0.570. The molecule has 1 amide bonds. The molecule has 0 radical (unpaired) electrons. The lowest BCUT2D eigenvalue weighted by molar-refractivity contribution is -0.137. The number of hydrogen-bond donors (Lipinski definition) is 1. The van der Waals surface area contributed by atoms with E-state index in [0.717, 1.165) is 31.8 Å². The van der Waals surface area contributed by atoms with Crippen LogP contribution in [0.5, 0.6) is 0 Å². The van der Waals surface area contributed by atoms with Crippen LogP contribution in [0.15, 0.2) is 0 Å². The lowest BCUT2D eigenvalue weighted by Crippen LogP contribution is -2.45. The Labute approximate surface area is 136 Å². The average molecular weight is 306 g/mol. The van der Waals surface area contributed by atoms with Crippen LogP contribution in [-0.4, -0.2) is 36.0 Å². The number of hydrogen-bond acceptors (Lipinski definition) is 2. The van der Waals surface area contributed by atoms with Gasteiger partial charge in [0, 0.05) is 24.5 Å². The number of carbonyl (C=O) groups is 1. The molecule has 1 aliphatic carbocycles. The maximum atomic E-state index is 12.9. The summed E-state index contributed by atoms with van der Waals surface area (Å²) < 4.78 is 0. The number of piperidine rings is 1. The van der Waals surface area contributed by atoms with Crippen molar-refractivity contribution in [3.63, 3.8) is 0 Å². The quantitative estimate of drug-likeness (QED) is 0.858. The summed E-state index contributed by atoms with van der Waals surface area (Å²) in [4.78, 5) is 15.2. The van der Waals surface area contributed by atoms with Gasteiger partial charge in [-0.25, -0.2) is 0 Å². The van der Waals surface area contributed by atoms with Gasteiger partial charge in [0.15, 0.2) is 0 Å². The van der Waals surface area contributed by atoms with E-state index in [1.807, 2.05) is 0 Å². The fourth-order valence-electron chi connectivity index (χ4n) is 4.92. The van der Waals surface area contributed by atoms with Crippen LogP contribution in [0, 0.1) is 11.8 Å². The molecule has 1 N–H and O–H groups in total. The molecule has 2 aliphatic heterocycles. The van der Waals surface area contributed by atoms with Crippen molar-refractivity contribution in [1.82, 2.24) is 10.2 Å². The van der Waals surface area contributed by atoms with E-state index >= 15 is 0 Å². The van der Waals surface area contributed by atoms with Gasteiger partial charge >= 0.3 is 0 Å². The summed E-state index contributed by atoms with van der Waals surface area (Å²) in [6, 6.07) is 1.06. The van der Waals surface area contributed by atoms with Gasteiger partial charge < -0.3 is 10.2 Å². The summed E-state index contributed by atoms with van der Waals surface area (Å²) in [5.41, 5.74) is 0. The largest absolute Gasteiger partial charge is 0.339 e. The number of rotatable bonds is 4. The van der Waals surface area contributed by atoms with Crippen LogP contribution >= 0.6 is 0 Å². The molecule has 2 heterocycles. The number of amides is 1. The number of carbonyl (C=O) groups excluding carboxylic acids is 1. The van der Waals surface area contributed by atoms with Gasteiger partial charge in [-0.2, -0.15) is 0 Å². The molecule has 0 aromatic carbocycles. The second kappa shape index (κ2) is 7.81. The molecule has 3 aliphatic rings. The molecular formula is C19H34N2O. The molecule has 1 saturated carbocycles. The van der Waals surface area contributed by atoms with Crippen LogP contribution in [0.3, 0.4) is 0 Å². The van der Waals surface area contributed by atoms with Crippen molar-refractivity contribution in [2.75, 3.05) is 13.1 Å².